The van der Waals surface area contributed by atoms with Crippen molar-refractivity contribution in [3.63, 3.8) is 0 Å². The summed E-state index contributed by atoms with van der Waals surface area (Å²) < 4.78 is 0. The summed E-state index contributed by atoms with van der Waals surface area (Å²) in [5.41, 5.74) is 0. The minimum atomic E-state index is 0.796. The van der Waals surface area contributed by atoms with Crippen molar-refractivity contribution in [2.24, 2.45) is 0 Å². The number of hydrogen-bond donors (Lipinski definition) is 2. The summed E-state index contributed by atoms with van der Waals surface area (Å²) in [6, 6.07) is 4.31. The molecule has 2 aromatic heterocycles. The van der Waals surface area contributed by atoms with Crippen molar-refractivity contribution < 1.29 is 0 Å². The van der Waals surface area contributed by atoms with E-state index in [1.165, 1.54) is 9.75 Å². The van der Waals surface area contributed by atoms with Crippen LogP contribution in [0.2, 0.25) is 0 Å². The van der Waals surface area contributed by atoms with Gasteiger partial charge in [-0.05, 0) is 19.1 Å². The molecule has 4 heteroatoms. The highest BCUT2D eigenvalue weighted by atomic mass is 32.1. The zero-order valence-corrected chi connectivity index (χ0v) is 8.90. The van der Waals surface area contributed by atoms with Crippen LogP contribution in [0.25, 0.3) is 0 Å². The number of aryl methyl sites for hydroxylation is 1. The van der Waals surface area contributed by atoms with Gasteiger partial charge in [0.25, 0.3) is 0 Å². The first kappa shape index (κ1) is 9.43. The van der Waals surface area contributed by atoms with Gasteiger partial charge in [0.05, 0.1) is 6.54 Å². The molecule has 0 aliphatic rings. The fraction of sp³-hybridized carbons (Fsp3) is 0.300. The Kier molecular flexibility index (Phi) is 2.96. The zero-order chi connectivity index (χ0) is 9.80. The number of nitrogens with one attached hydrogen (secondary N) is 2. The normalized spacial score (nSPS) is 10.6. The van der Waals surface area contributed by atoms with Crippen molar-refractivity contribution in [1.29, 1.82) is 0 Å². The van der Waals surface area contributed by atoms with Crippen LogP contribution >= 0.6 is 11.3 Å². The standard InChI is InChI=1S/C10H13N3S/c1-8-2-3-9(14-8)6-11-7-10-12-4-5-13-10/h2-5,11H,6-7H2,1H3,(H,12,13). The number of hydrogen-bond acceptors (Lipinski definition) is 3. The Morgan fingerprint density at radius 3 is 3.00 bits per heavy atom. The third kappa shape index (κ3) is 2.43. The van der Waals surface area contributed by atoms with Gasteiger partial charge in [-0.15, -0.1) is 11.3 Å². The van der Waals surface area contributed by atoms with Crippen LogP contribution in [-0.2, 0) is 13.1 Å². The molecule has 0 saturated carbocycles. The summed E-state index contributed by atoms with van der Waals surface area (Å²) in [6.07, 6.45) is 3.61. The number of H-pyrrole nitrogens is 1. The first-order valence-electron chi connectivity index (χ1n) is 4.59. The quantitative estimate of drug-likeness (QED) is 0.805. The summed E-state index contributed by atoms with van der Waals surface area (Å²) in [5, 5.41) is 3.33. The highest BCUT2D eigenvalue weighted by Gasteiger charge is 1.97. The Bertz CT molecular complexity index is 378. The summed E-state index contributed by atoms with van der Waals surface area (Å²) in [4.78, 5) is 9.93. The lowest BCUT2D eigenvalue weighted by Crippen LogP contribution is -2.12. The van der Waals surface area contributed by atoms with Crippen LogP contribution in [0.15, 0.2) is 24.5 Å². The van der Waals surface area contributed by atoms with E-state index in [9.17, 15) is 0 Å². The van der Waals surface area contributed by atoms with Gasteiger partial charge in [-0.2, -0.15) is 0 Å². The van der Waals surface area contributed by atoms with Crippen LogP contribution in [0.3, 0.4) is 0 Å². The SMILES string of the molecule is Cc1ccc(CNCc2ncc[nH]2)s1. The first-order chi connectivity index (χ1) is 6.84. The lowest BCUT2D eigenvalue weighted by atomic mass is 10.4. The summed E-state index contributed by atoms with van der Waals surface area (Å²) in [5.74, 6) is 0.985. The molecule has 0 atom stereocenters. The second-order valence-corrected chi connectivity index (χ2v) is 4.52. The highest BCUT2D eigenvalue weighted by molar-refractivity contribution is 7.11. The molecule has 0 bridgehead atoms. The van der Waals surface area contributed by atoms with Crippen LogP contribution in [0.5, 0.6) is 0 Å². The van der Waals surface area contributed by atoms with E-state index in [0.717, 1.165) is 18.9 Å². The van der Waals surface area contributed by atoms with E-state index in [4.69, 9.17) is 0 Å². The first-order valence-corrected chi connectivity index (χ1v) is 5.40. The Labute approximate surface area is 87.2 Å². The molecule has 0 unspecified atom stereocenters. The zero-order valence-electron chi connectivity index (χ0n) is 8.08. The molecule has 2 N–H and O–H groups in total. The maximum atomic E-state index is 4.14. The van der Waals surface area contributed by atoms with Gasteiger partial charge < -0.3 is 10.3 Å². The molecule has 0 aliphatic heterocycles. The fourth-order valence-corrected chi connectivity index (χ4v) is 2.14. The maximum absolute atomic E-state index is 4.14. The summed E-state index contributed by atoms with van der Waals surface area (Å²) in [6.45, 7) is 3.84. The number of rotatable bonds is 4. The molecule has 0 aliphatic carbocycles. The highest BCUT2D eigenvalue weighted by Crippen LogP contribution is 2.14. The molecule has 0 aromatic carbocycles. The van der Waals surface area contributed by atoms with Crippen molar-refractivity contribution in [3.05, 3.63) is 40.1 Å². The largest absolute Gasteiger partial charge is 0.348 e. The van der Waals surface area contributed by atoms with Gasteiger partial charge in [0.2, 0.25) is 0 Å². The summed E-state index contributed by atoms with van der Waals surface area (Å²) >= 11 is 1.83. The lowest BCUT2D eigenvalue weighted by Gasteiger charge is -1.99. The molecule has 0 radical (unpaired) electrons. The van der Waals surface area contributed by atoms with Crippen LogP contribution in [0.4, 0.5) is 0 Å². The third-order valence-electron chi connectivity index (χ3n) is 1.94. The van der Waals surface area contributed by atoms with Crippen LogP contribution in [0.1, 0.15) is 15.6 Å². The molecule has 0 fully saturated rings. The molecule has 14 heavy (non-hydrogen) atoms. The number of aromatic amines is 1. The van der Waals surface area contributed by atoms with Gasteiger partial charge in [-0.3, -0.25) is 0 Å². The predicted octanol–water partition coefficient (Wildman–Crippen LogP) is 2.07. The molecular formula is C10H13N3S. The Morgan fingerprint density at radius 1 is 1.43 bits per heavy atom. The molecule has 0 spiro atoms. The van der Waals surface area contributed by atoms with E-state index in [1.54, 1.807) is 6.20 Å². The minimum Gasteiger partial charge on any atom is -0.348 e. The van der Waals surface area contributed by atoms with Crippen molar-refractivity contribution in [2.75, 3.05) is 0 Å². The average molecular weight is 207 g/mol. The second-order valence-electron chi connectivity index (χ2n) is 3.15. The number of nitrogens with zero attached hydrogens (tertiary/aromatic N) is 1. The Hall–Kier alpha value is -1.13. The molecular weight excluding hydrogens is 194 g/mol. The molecule has 0 amide bonds. The molecule has 3 nitrogen and oxygen atoms in total. The number of thiophene rings is 1. The van der Waals surface area contributed by atoms with E-state index < -0.39 is 0 Å². The lowest BCUT2D eigenvalue weighted by molar-refractivity contribution is 0.675. The monoisotopic (exact) mass is 207 g/mol. The molecule has 2 rings (SSSR count). The van der Waals surface area contributed by atoms with E-state index in [-0.39, 0.29) is 0 Å². The predicted molar refractivity (Wildman–Crippen MR) is 58.2 cm³/mol. The van der Waals surface area contributed by atoms with Gasteiger partial charge >= 0.3 is 0 Å². The fourth-order valence-electron chi connectivity index (χ4n) is 1.28. The van der Waals surface area contributed by atoms with Crippen LogP contribution in [0, 0.1) is 6.92 Å². The van der Waals surface area contributed by atoms with Crippen LogP contribution in [-0.4, -0.2) is 9.97 Å². The van der Waals surface area contributed by atoms with Gasteiger partial charge in [0.1, 0.15) is 5.82 Å². The van der Waals surface area contributed by atoms with Crippen molar-refractivity contribution >= 4 is 11.3 Å². The minimum absolute atomic E-state index is 0.796. The van der Waals surface area contributed by atoms with E-state index in [2.05, 4.69) is 34.3 Å². The number of aromatic nitrogens is 2. The van der Waals surface area contributed by atoms with Crippen molar-refractivity contribution in [2.45, 2.75) is 20.0 Å². The molecule has 0 saturated heterocycles. The Morgan fingerprint density at radius 2 is 2.36 bits per heavy atom. The number of imidazole rings is 1. The average Bonchev–Trinajstić information content (AvgIpc) is 2.77. The van der Waals surface area contributed by atoms with E-state index in [0.29, 0.717) is 0 Å². The Balaban J connectivity index is 1.78. The topological polar surface area (TPSA) is 40.7 Å². The smallest absolute Gasteiger partial charge is 0.120 e. The molecule has 2 heterocycles. The van der Waals surface area contributed by atoms with Crippen molar-refractivity contribution in [3.8, 4) is 0 Å². The molecule has 2 aromatic rings. The van der Waals surface area contributed by atoms with E-state index in [1.807, 2.05) is 17.5 Å². The summed E-state index contributed by atoms with van der Waals surface area (Å²) in [7, 11) is 0. The van der Waals surface area contributed by atoms with Gasteiger partial charge in [-0.25, -0.2) is 4.98 Å². The maximum Gasteiger partial charge on any atom is 0.120 e. The van der Waals surface area contributed by atoms with Gasteiger partial charge in [0.15, 0.2) is 0 Å². The van der Waals surface area contributed by atoms with E-state index >= 15 is 0 Å². The molecule has 74 valence electrons. The van der Waals surface area contributed by atoms with Gasteiger partial charge in [-0.1, -0.05) is 0 Å². The third-order valence-corrected chi connectivity index (χ3v) is 2.94. The van der Waals surface area contributed by atoms with Gasteiger partial charge in [0, 0.05) is 28.7 Å². The van der Waals surface area contributed by atoms with Crippen molar-refractivity contribution in [1.82, 2.24) is 15.3 Å². The van der Waals surface area contributed by atoms with Crippen LogP contribution < -0.4 is 5.32 Å². The second kappa shape index (κ2) is 4.39.